The molecule has 1 aromatic heterocycles. The van der Waals surface area contributed by atoms with Gasteiger partial charge in [-0.3, -0.25) is 14.5 Å². The molecular formula is C15H16N2O6. The largest absolute Gasteiger partial charge is 0.480 e. The van der Waals surface area contributed by atoms with E-state index < -0.39 is 30.5 Å². The highest BCUT2D eigenvalue weighted by Gasteiger charge is 2.34. The van der Waals surface area contributed by atoms with E-state index in [-0.39, 0.29) is 11.3 Å². The summed E-state index contributed by atoms with van der Waals surface area (Å²) in [5.41, 5.74) is 0.470. The molecule has 2 aromatic rings. The summed E-state index contributed by atoms with van der Waals surface area (Å²) in [4.78, 5) is 35.3. The Bertz CT molecular complexity index is 795. The normalized spacial score (nSPS) is 12.5. The first kappa shape index (κ1) is 16.5. The van der Waals surface area contributed by atoms with Crippen LogP contribution in [0.5, 0.6) is 0 Å². The fourth-order valence-corrected chi connectivity index (χ4v) is 2.80. The molecule has 0 saturated carbocycles. The van der Waals surface area contributed by atoms with Gasteiger partial charge in [0.15, 0.2) is 0 Å². The summed E-state index contributed by atoms with van der Waals surface area (Å²) >= 11 is 0. The maximum absolute atomic E-state index is 11.7. The van der Waals surface area contributed by atoms with Gasteiger partial charge in [0.05, 0.1) is 6.54 Å². The van der Waals surface area contributed by atoms with Crippen LogP contribution in [0.1, 0.15) is 22.1 Å². The first-order chi connectivity index (χ1) is 10.8. The summed E-state index contributed by atoms with van der Waals surface area (Å²) in [6.45, 7) is -0.529. The molecule has 0 spiro atoms. The molecule has 0 amide bonds. The third kappa shape index (κ3) is 2.88. The van der Waals surface area contributed by atoms with E-state index in [9.17, 15) is 24.6 Å². The van der Waals surface area contributed by atoms with Crippen molar-refractivity contribution in [1.82, 2.24) is 9.47 Å². The smallest absolute Gasteiger partial charge is 0.352 e. The number of aromatic carboxylic acids is 1. The Kier molecular flexibility index (Phi) is 4.37. The SMILES string of the molecule is CN(CC(=O)O)C(C(=O)O)c1c(C(=O)O)n(C)c2ccccc12. The predicted octanol–water partition coefficient (Wildman–Crippen LogP) is 1.02. The third-order valence-electron chi connectivity index (χ3n) is 3.68. The van der Waals surface area contributed by atoms with Crippen molar-refractivity contribution >= 4 is 28.8 Å². The molecule has 0 fully saturated rings. The average Bonchev–Trinajstić information content (AvgIpc) is 2.72. The topological polar surface area (TPSA) is 120 Å². The van der Waals surface area contributed by atoms with E-state index in [0.717, 1.165) is 4.90 Å². The Hall–Kier alpha value is -2.87. The van der Waals surface area contributed by atoms with Crippen molar-refractivity contribution in [2.45, 2.75) is 6.04 Å². The number of fused-ring (bicyclic) bond motifs is 1. The lowest BCUT2D eigenvalue weighted by atomic mass is 10.0. The van der Waals surface area contributed by atoms with Crippen LogP contribution in [0.3, 0.4) is 0 Å². The molecule has 8 heteroatoms. The molecule has 8 nitrogen and oxygen atoms in total. The number of aliphatic carboxylic acids is 2. The van der Waals surface area contributed by atoms with Gasteiger partial charge in [-0.15, -0.1) is 0 Å². The second-order valence-electron chi connectivity index (χ2n) is 5.19. The van der Waals surface area contributed by atoms with Crippen molar-refractivity contribution in [3.8, 4) is 0 Å². The summed E-state index contributed by atoms with van der Waals surface area (Å²) < 4.78 is 1.40. The molecule has 1 atom stereocenters. The van der Waals surface area contributed by atoms with Crippen molar-refractivity contribution in [2.24, 2.45) is 7.05 Å². The minimum atomic E-state index is -1.39. The molecule has 0 aliphatic rings. The summed E-state index contributed by atoms with van der Waals surface area (Å²) in [5, 5.41) is 28.4. The number of carboxylic acids is 3. The number of carbonyl (C=O) groups is 3. The molecule has 1 heterocycles. The van der Waals surface area contributed by atoms with Crippen LogP contribution < -0.4 is 0 Å². The number of para-hydroxylation sites is 1. The van der Waals surface area contributed by atoms with E-state index in [1.807, 2.05) is 0 Å². The molecule has 1 unspecified atom stereocenters. The van der Waals surface area contributed by atoms with E-state index in [2.05, 4.69) is 0 Å². The number of benzene rings is 1. The van der Waals surface area contributed by atoms with Crippen LogP contribution in [-0.2, 0) is 16.6 Å². The van der Waals surface area contributed by atoms with Crippen LogP contribution in [0.15, 0.2) is 24.3 Å². The maximum atomic E-state index is 11.7. The van der Waals surface area contributed by atoms with Crippen LogP contribution >= 0.6 is 0 Å². The number of hydrogen-bond acceptors (Lipinski definition) is 4. The molecule has 0 bridgehead atoms. The van der Waals surface area contributed by atoms with Gasteiger partial charge >= 0.3 is 17.9 Å². The van der Waals surface area contributed by atoms with Crippen LogP contribution in [-0.4, -0.2) is 56.3 Å². The molecular weight excluding hydrogens is 304 g/mol. The van der Waals surface area contributed by atoms with Crippen LogP contribution in [0.4, 0.5) is 0 Å². The lowest BCUT2D eigenvalue weighted by Gasteiger charge is -2.23. The monoisotopic (exact) mass is 320 g/mol. The van der Waals surface area contributed by atoms with Gasteiger partial charge in [0.2, 0.25) is 0 Å². The van der Waals surface area contributed by atoms with Gasteiger partial charge in [0.25, 0.3) is 0 Å². The fraction of sp³-hybridized carbons (Fsp3) is 0.267. The Balaban J connectivity index is 2.77. The maximum Gasteiger partial charge on any atom is 0.352 e. The first-order valence-corrected chi connectivity index (χ1v) is 6.71. The molecule has 2 rings (SSSR count). The number of aromatic nitrogens is 1. The molecule has 122 valence electrons. The summed E-state index contributed by atoms with van der Waals surface area (Å²) in [5.74, 6) is -3.78. The second-order valence-corrected chi connectivity index (χ2v) is 5.19. The highest BCUT2D eigenvalue weighted by molar-refractivity contribution is 6.01. The number of aryl methyl sites for hydroxylation is 1. The zero-order chi connectivity index (χ0) is 17.3. The number of likely N-dealkylation sites (N-methyl/N-ethyl adjacent to an activating group) is 1. The van der Waals surface area contributed by atoms with Crippen molar-refractivity contribution in [1.29, 1.82) is 0 Å². The average molecular weight is 320 g/mol. The number of rotatable bonds is 6. The molecule has 23 heavy (non-hydrogen) atoms. The summed E-state index contributed by atoms with van der Waals surface area (Å²) in [7, 11) is 2.87. The van der Waals surface area contributed by atoms with Crippen LogP contribution in [0, 0.1) is 0 Å². The highest BCUT2D eigenvalue weighted by atomic mass is 16.4. The predicted molar refractivity (Wildman–Crippen MR) is 80.5 cm³/mol. The number of nitrogens with zero attached hydrogens (tertiary/aromatic N) is 2. The molecule has 3 N–H and O–H groups in total. The van der Waals surface area contributed by atoms with Crippen LogP contribution in [0.25, 0.3) is 10.9 Å². The zero-order valence-electron chi connectivity index (χ0n) is 12.6. The second kappa shape index (κ2) is 6.09. The fourth-order valence-electron chi connectivity index (χ4n) is 2.80. The standard InChI is InChI=1S/C15H16N2O6/c1-16(7-10(18)19)12(14(20)21)11-8-5-3-4-6-9(8)17(2)13(11)15(22)23/h3-6,12H,7H2,1-2H3,(H,18,19)(H,20,21)(H,22,23). The van der Waals surface area contributed by atoms with Gasteiger partial charge in [-0.05, 0) is 13.1 Å². The summed E-state index contributed by atoms with van der Waals surface area (Å²) in [6.07, 6.45) is 0. The first-order valence-electron chi connectivity index (χ1n) is 6.71. The van der Waals surface area contributed by atoms with Gasteiger partial charge in [-0.25, -0.2) is 4.79 Å². The summed E-state index contributed by atoms with van der Waals surface area (Å²) in [6, 6.07) is 5.31. The van der Waals surface area contributed by atoms with Crippen molar-refractivity contribution in [3.63, 3.8) is 0 Å². The molecule has 0 radical (unpaired) electrons. The zero-order valence-corrected chi connectivity index (χ0v) is 12.6. The Labute approximate surface area is 131 Å². The Morgan fingerprint density at radius 1 is 1.17 bits per heavy atom. The van der Waals surface area contributed by atoms with E-state index in [1.165, 1.54) is 18.7 Å². The minimum Gasteiger partial charge on any atom is -0.480 e. The van der Waals surface area contributed by atoms with E-state index >= 15 is 0 Å². The highest BCUT2D eigenvalue weighted by Crippen LogP contribution is 2.33. The molecule has 0 aliphatic heterocycles. The lowest BCUT2D eigenvalue weighted by molar-refractivity contribution is -0.145. The Morgan fingerprint density at radius 3 is 2.30 bits per heavy atom. The van der Waals surface area contributed by atoms with Gasteiger partial charge < -0.3 is 19.9 Å². The van der Waals surface area contributed by atoms with E-state index in [4.69, 9.17) is 5.11 Å². The van der Waals surface area contributed by atoms with Crippen molar-refractivity contribution in [3.05, 3.63) is 35.5 Å². The van der Waals surface area contributed by atoms with Gasteiger partial charge in [-0.1, -0.05) is 18.2 Å². The lowest BCUT2D eigenvalue weighted by Crippen LogP contribution is -2.35. The van der Waals surface area contributed by atoms with Crippen molar-refractivity contribution in [2.75, 3.05) is 13.6 Å². The number of hydrogen-bond donors (Lipinski definition) is 3. The molecule has 0 saturated heterocycles. The minimum absolute atomic E-state index is 0.0758. The van der Waals surface area contributed by atoms with Crippen LogP contribution in [0.2, 0.25) is 0 Å². The van der Waals surface area contributed by atoms with Crippen molar-refractivity contribution < 1.29 is 29.7 Å². The number of carboxylic acid groups (broad SMARTS) is 3. The van der Waals surface area contributed by atoms with E-state index in [1.54, 1.807) is 24.3 Å². The quantitative estimate of drug-likeness (QED) is 0.726. The molecule has 0 aliphatic carbocycles. The van der Waals surface area contributed by atoms with Gasteiger partial charge in [0.1, 0.15) is 11.7 Å². The molecule has 1 aromatic carbocycles. The van der Waals surface area contributed by atoms with Gasteiger partial charge in [-0.2, -0.15) is 0 Å². The Morgan fingerprint density at radius 2 is 1.78 bits per heavy atom. The van der Waals surface area contributed by atoms with Gasteiger partial charge in [0, 0.05) is 23.5 Å². The third-order valence-corrected chi connectivity index (χ3v) is 3.68. The van der Waals surface area contributed by atoms with E-state index in [0.29, 0.717) is 10.9 Å².